The van der Waals surface area contributed by atoms with Gasteiger partial charge in [0.2, 0.25) is 0 Å². The van der Waals surface area contributed by atoms with E-state index in [0.717, 1.165) is 72.9 Å². The molecule has 4 N–H and O–H groups in total. The second-order valence-corrected chi connectivity index (χ2v) is 16.2. The highest BCUT2D eigenvalue weighted by atomic mass is 16.5. The maximum absolute atomic E-state index is 13.1. The summed E-state index contributed by atoms with van der Waals surface area (Å²) in [4.78, 5) is 20.6. The Hall–Kier alpha value is -3.95. The molecular formula is C47H60N2O6. The van der Waals surface area contributed by atoms with Gasteiger partial charge in [-0.15, -0.1) is 0 Å². The van der Waals surface area contributed by atoms with Gasteiger partial charge in [0.25, 0.3) is 0 Å². The van der Waals surface area contributed by atoms with Crippen LogP contribution < -0.4 is 0 Å². The fourth-order valence-electron chi connectivity index (χ4n) is 9.30. The molecule has 0 saturated carbocycles. The Morgan fingerprint density at radius 1 is 0.800 bits per heavy atom. The van der Waals surface area contributed by atoms with Crippen LogP contribution in [-0.2, 0) is 55.9 Å². The molecule has 2 aliphatic heterocycles. The Balaban J connectivity index is 1.03. The van der Waals surface area contributed by atoms with Crippen molar-refractivity contribution in [3.05, 3.63) is 93.3 Å². The van der Waals surface area contributed by atoms with Gasteiger partial charge in [0.05, 0.1) is 31.2 Å². The van der Waals surface area contributed by atoms with E-state index in [1.165, 1.54) is 49.7 Å². The summed E-state index contributed by atoms with van der Waals surface area (Å²) in [7, 11) is 0. The topological polar surface area (TPSA) is 117 Å². The van der Waals surface area contributed by atoms with Gasteiger partial charge in [-0.05, 0) is 121 Å². The molecule has 5 aromatic rings. The number of aliphatic hydroxyl groups is 2. The summed E-state index contributed by atoms with van der Waals surface area (Å²) < 4.78 is 18.5. The molecule has 7 rings (SSSR count). The first kappa shape index (κ1) is 39.3. The van der Waals surface area contributed by atoms with Crippen LogP contribution in [0.15, 0.2) is 48.5 Å². The van der Waals surface area contributed by atoms with Crippen molar-refractivity contribution in [2.45, 2.75) is 122 Å². The number of carbonyl (C=O) groups excluding carboxylic acids is 1. The fourth-order valence-corrected chi connectivity index (χ4v) is 9.30. The fraction of sp³-hybridized carbons (Fsp3) is 0.511. The zero-order valence-electron chi connectivity index (χ0n) is 33.5. The van der Waals surface area contributed by atoms with Crippen molar-refractivity contribution in [1.29, 1.82) is 0 Å². The molecule has 2 atom stereocenters. The maximum atomic E-state index is 13.1. The number of carbonyl (C=O) groups is 1. The molecule has 8 nitrogen and oxygen atoms in total. The third kappa shape index (κ3) is 7.63. The number of hydrogen-bond acceptors (Lipinski definition) is 6. The van der Waals surface area contributed by atoms with Crippen LogP contribution in [-0.4, -0.2) is 59.2 Å². The van der Waals surface area contributed by atoms with Crippen LogP contribution in [0.25, 0.3) is 32.9 Å². The van der Waals surface area contributed by atoms with Crippen molar-refractivity contribution in [3.63, 3.8) is 0 Å². The molecular weight excluding hydrogens is 689 g/mol. The van der Waals surface area contributed by atoms with Crippen molar-refractivity contribution in [2.24, 2.45) is 0 Å². The molecule has 2 aliphatic rings. The minimum absolute atomic E-state index is 0.0767. The number of fused-ring (bicyclic) bond motifs is 6. The van der Waals surface area contributed by atoms with Crippen LogP contribution in [0.4, 0.5) is 0 Å². The first-order valence-electron chi connectivity index (χ1n) is 20.7. The van der Waals surface area contributed by atoms with E-state index in [4.69, 9.17) is 14.2 Å². The predicted molar refractivity (Wildman–Crippen MR) is 220 cm³/mol. The Morgan fingerprint density at radius 2 is 1.42 bits per heavy atom. The van der Waals surface area contributed by atoms with Gasteiger partial charge in [-0.2, -0.15) is 0 Å². The zero-order valence-corrected chi connectivity index (χ0v) is 33.5. The summed E-state index contributed by atoms with van der Waals surface area (Å²) >= 11 is 0. The average Bonchev–Trinajstić information content (AvgIpc) is 3.77. The first-order chi connectivity index (χ1) is 26.7. The molecule has 0 amide bonds. The van der Waals surface area contributed by atoms with Crippen LogP contribution >= 0.6 is 0 Å². The summed E-state index contributed by atoms with van der Waals surface area (Å²) in [5.74, 6) is 0.145. The summed E-state index contributed by atoms with van der Waals surface area (Å²) in [6.45, 7) is 12.6. The van der Waals surface area contributed by atoms with E-state index in [2.05, 4.69) is 93.1 Å². The van der Waals surface area contributed by atoms with E-state index < -0.39 is 11.2 Å². The molecule has 8 heteroatoms. The van der Waals surface area contributed by atoms with E-state index in [1.807, 2.05) is 0 Å². The minimum atomic E-state index is -0.504. The number of aromatic amines is 2. The molecule has 0 fully saturated rings. The lowest BCUT2D eigenvalue weighted by molar-refractivity contribution is -0.143. The van der Waals surface area contributed by atoms with Gasteiger partial charge in [0.1, 0.15) is 11.2 Å². The summed E-state index contributed by atoms with van der Waals surface area (Å²) in [5, 5.41) is 22.3. The Kier molecular flexibility index (Phi) is 11.9. The number of hydrogen-bond donors (Lipinski definition) is 4. The number of aryl methyl sites for hydroxylation is 3. The largest absolute Gasteiger partial charge is 0.466 e. The normalized spacial score (nSPS) is 19.6. The number of benzene rings is 3. The number of esters is 1. The number of rotatable bonds is 16. The van der Waals surface area contributed by atoms with Gasteiger partial charge in [0.15, 0.2) is 0 Å². The van der Waals surface area contributed by atoms with Crippen molar-refractivity contribution in [1.82, 2.24) is 9.97 Å². The number of aliphatic hydroxyl groups excluding tert-OH is 2. The summed E-state index contributed by atoms with van der Waals surface area (Å²) in [6.07, 6.45) is 7.88. The third-order valence-electron chi connectivity index (χ3n) is 12.5. The van der Waals surface area contributed by atoms with Gasteiger partial charge in [-0.25, -0.2) is 0 Å². The Morgan fingerprint density at radius 3 is 2.02 bits per heavy atom. The molecule has 4 heterocycles. The van der Waals surface area contributed by atoms with E-state index in [9.17, 15) is 15.0 Å². The molecule has 0 radical (unpaired) electrons. The van der Waals surface area contributed by atoms with E-state index in [0.29, 0.717) is 51.4 Å². The molecule has 0 spiro atoms. The molecule has 0 aliphatic carbocycles. The molecule has 3 aromatic carbocycles. The molecule has 2 aromatic heterocycles. The lowest BCUT2D eigenvalue weighted by Crippen LogP contribution is -2.36. The number of unbranched alkanes of at least 4 members (excludes halogenated alkanes) is 1. The van der Waals surface area contributed by atoms with Gasteiger partial charge in [0, 0.05) is 54.3 Å². The molecule has 0 saturated heterocycles. The summed E-state index contributed by atoms with van der Waals surface area (Å²) in [5.41, 5.74) is 13.4. The number of H-pyrrole nitrogens is 2. The highest BCUT2D eigenvalue weighted by molar-refractivity contribution is 5.92. The quantitative estimate of drug-likeness (QED) is 0.0591. The van der Waals surface area contributed by atoms with Crippen molar-refractivity contribution in [3.8, 4) is 11.1 Å². The van der Waals surface area contributed by atoms with Crippen LogP contribution in [0.3, 0.4) is 0 Å². The minimum Gasteiger partial charge on any atom is -0.466 e. The van der Waals surface area contributed by atoms with E-state index >= 15 is 0 Å². The van der Waals surface area contributed by atoms with Gasteiger partial charge < -0.3 is 34.4 Å². The van der Waals surface area contributed by atoms with Gasteiger partial charge in [-0.3, -0.25) is 4.79 Å². The maximum Gasteiger partial charge on any atom is 0.306 e. The van der Waals surface area contributed by atoms with E-state index in [1.54, 1.807) is 0 Å². The highest BCUT2D eigenvalue weighted by Crippen LogP contribution is 2.45. The van der Waals surface area contributed by atoms with Crippen LogP contribution in [0.2, 0.25) is 0 Å². The predicted octanol–water partition coefficient (Wildman–Crippen LogP) is 9.37. The van der Waals surface area contributed by atoms with Crippen molar-refractivity contribution in [2.75, 3.05) is 33.0 Å². The number of nitrogens with one attached hydrogen (secondary N) is 2. The second kappa shape index (κ2) is 16.6. The van der Waals surface area contributed by atoms with Crippen molar-refractivity contribution >= 4 is 27.8 Å². The zero-order chi connectivity index (χ0) is 38.7. The smallest absolute Gasteiger partial charge is 0.306 e. The average molecular weight is 749 g/mol. The van der Waals surface area contributed by atoms with Gasteiger partial charge >= 0.3 is 5.97 Å². The molecule has 2 unspecified atom stereocenters. The van der Waals surface area contributed by atoms with Gasteiger partial charge in [-0.1, -0.05) is 63.6 Å². The standard InChI is InChI=1S/C47H60N2O6/c1-6-46(19-21-50)44-37(18-25-54-46)40-29-35(33-14-11-31(5)12-15-33)28-34(42(40)48-44)10-8-9-23-53-41(52)16-13-32-26-38(30(3)4)43-39(27-32)36-17-24-55-47(7-2,20-22-51)45(36)49-43/h11-12,14-15,26-30,48-51H,6-10,13,16-25H2,1-5H3. The third-order valence-corrected chi connectivity index (χ3v) is 12.5. The molecule has 294 valence electrons. The number of ether oxygens (including phenoxy) is 3. The van der Waals surface area contributed by atoms with E-state index in [-0.39, 0.29) is 19.2 Å². The first-order valence-corrected chi connectivity index (χ1v) is 20.7. The van der Waals surface area contributed by atoms with Crippen LogP contribution in [0.5, 0.6) is 0 Å². The second-order valence-electron chi connectivity index (χ2n) is 16.2. The lowest BCUT2D eigenvalue weighted by atomic mass is 9.86. The monoisotopic (exact) mass is 748 g/mol. The highest BCUT2D eigenvalue weighted by Gasteiger charge is 2.40. The van der Waals surface area contributed by atoms with Crippen LogP contribution in [0.1, 0.15) is 123 Å². The van der Waals surface area contributed by atoms with Crippen molar-refractivity contribution < 1.29 is 29.2 Å². The SMILES string of the molecule is CCC1(CCO)OCCc2c1[nH]c1c(CCCCOC(=O)CCc3cc(C(C)C)c4[nH]c5c(c4c3)CCOC5(CC)CCO)cc(-c3ccc(C)cc3)cc21. The summed E-state index contributed by atoms with van der Waals surface area (Å²) in [6, 6.07) is 17.9. The van der Waals surface area contributed by atoms with Crippen LogP contribution in [0, 0.1) is 6.92 Å². The molecule has 55 heavy (non-hydrogen) atoms. The Bertz CT molecular complexity index is 2130. The number of aromatic nitrogens is 2. The molecule has 0 bridgehead atoms. The Labute approximate surface area is 326 Å². The lowest BCUT2D eigenvalue weighted by Gasteiger charge is -2.36.